The molecule has 0 bridgehead atoms. The molecule has 0 spiro atoms. The number of H-pyrrole nitrogens is 1. The minimum Gasteiger partial charge on any atom is -0.465 e. The van der Waals surface area contributed by atoms with Gasteiger partial charge in [-0.3, -0.25) is 9.59 Å². The Morgan fingerprint density at radius 2 is 1.75 bits per heavy atom. The predicted octanol–water partition coefficient (Wildman–Crippen LogP) is 3.05. The molecule has 0 fully saturated rings. The molecule has 28 heavy (non-hydrogen) atoms. The Morgan fingerprint density at radius 1 is 1.11 bits per heavy atom. The van der Waals surface area contributed by atoms with Crippen LogP contribution in [0.4, 0.5) is 5.69 Å². The van der Waals surface area contributed by atoms with Crippen molar-refractivity contribution in [3.63, 3.8) is 0 Å². The number of ether oxygens (including phenoxy) is 1. The number of carbonyl (C=O) groups is 3. The van der Waals surface area contributed by atoms with Gasteiger partial charge in [-0.2, -0.15) is 0 Å². The monoisotopic (exact) mass is 385 g/mol. The summed E-state index contributed by atoms with van der Waals surface area (Å²) in [4.78, 5) is 39.9. The second-order valence-electron chi connectivity index (χ2n) is 6.72. The molecule has 0 saturated heterocycles. The molecule has 1 heterocycles. The van der Waals surface area contributed by atoms with E-state index in [-0.39, 0.29) is 12.5 Å². The van der Waals surface area contributed by atoms with Crippen molar-refractivity contribution < 1.29 is 19.1 Å². The lowest BCUT2D eigenvalue weighted by Gasteiger charge is -2.12. The van der Waals surface area contributed by atoms with Crippen LogP contribution in [0.3, 0.4) is 0 Å². The smallest absolute Gasteiger partial charge is 0.339 e. The van der Waals surface area contributed by atoms with E-state index >= 15 is 0 Å². The number of hydrogen-bond acceptors (Lipinski definition) is 4. The first-order valence-electron chi connectivity index (χ1n) is 9.24. The lowest BCUT2D eigenvalue weighted by molar-refractivity contribution is -0.115. The maximum Gasteiger partial charge on any atom is 0.339 e. The van der Waals surface area contributed by atoms with Crippen LogP contribution in [0.25, 0.3) is 0 Å². The van der Waals surface area contributed by atoms with Crippen molar-refractivity contribution in [2.75, 3.05) is 19.0 Å². The highest BCUT2D eigenvalue weighted by molar-refractivity contribution is 6.03. The van der Waals surface area contributed by atoms with Crippen molar-refractivity contribution in [2.45, 2.75) is 40.5 Å². The normalized spacial score (nSPS) is 10.5. The summed E-state index contributed by atoms with van der Waals surface area (Å²) in [6, 6.07) is 5.74. The van der Waals surface area contributed by atoms with Gasteiger partial charge >= 0.3 is 5.97 Å². The highest BCUT2D eigenvalue weighted by Gasteiger charge is 2.24. The lowest BCUT2D eigenvalue weighted by Crippen LogP contribution is -2.33. The fraction of sp³-hybridized carbons (Fsp3) is 0.381. The summed E-state index contributed by atoms with van der Waals surface area (Å²) in [5, 5.41) is 5.45. The molecule has 0 aliphatic heterocycles. The minimum absolute atomic E-state index is 0.177. The van der Waals surface area contributed by atoms with Crippen molar-refractivity contribution >= 4 is 23.5 Å². The molecule has 0 atom stereocenters. The molecule has 0 unspecified atom stereocenters. The Kier molecular flexibility index (Phi) is 6.98. The van der Waals surface area contributed by atoms with Gasteiger partial charge in [0.1, 0.15) is 5.69 Å². The molecule has 2 rings (SSSR count). The number of para-hydroxylation sites is 1. The Balaban J connectivity index is 2.12. The van der Waals surface area contributed by atoms with Crippen molar-refractivity contribution in [1.29, 1.82) is 0 Å². The number of esters is 1. The molecule has 2 amide bonds. The number of rotatable bonds is 7. The van der Waals surface area contributed by atoms with Crippen molar-refractivity contribution in [3.8, 4) is 0 Å². The first-order chi connectivity index (χ1) is 13.3. The Hall–Kier alpha value is -3.09. The third kappa shape index (κ3) is 4.60. The summed E-state index contributed by atoms with van der Waals surface area (Å²) in [5.41, 5.74) is 4.51. The molecular weight excluding hydrogens is 358 g/mol. The van der Waals surface area contributed by atoms with Gasteiger partial charge < -0.3 is 20.4 Å². The highest BCUT2D eigenvalue weighted by Crippen LogP contribution is 2.22. The van der Waals surface area contributed by atoms with E-state index in [1.165, 1.54) is 7.11 Å². The number of amides is 2. The fourth-order valence-corrected chi connectivity index (χ4v) is 3.19. The van der Waals surface area contributed by atoms with Gasteiger partial charge in [0.2, 0.25) is 5.91 Å². The first-order valence-corrected chi connectivity index (χ1v) is 9.24. The maximum atomic E-state index is 12.6. The van der Waals surface area contributed by atoms with Crippen molar-refractivity contribution in [3.05, 3.63) is 51.8 Å². The topological polar surface area (TPSA) is 100 Å². The zero-order valence-electron chi connectivity index (χ0n) is 17.0. The molecule has 0 aliphatic rings. The Labute approximate surface area is 164 Å². The molecule has 150 valence electrons. The van der Waals surface area contributed by atoms with E-state index < -0.39 is 11.9 Å². The quantitative estimate of drug-likeness (QED) is 0.638. The van der Waals surface area contributed by atoms with Gasteiger partial charge in [-0.1, -0.05) is 31.5 Å². The van der Waals surface area contributed by atoms with E-state index in [9.17, 15) is 14.4 Å². The molecule has 0 radical (unpaired) electrons. The molecule has 2 aromatic rings. The second kappa shape index (κ2) is 9.21. The Morgan fingerprint density at radius 3 is 2.32 bits per heavy atom. The van der Waals surface area contributed by atoms with Gasteiger partial charge in [0, 0.05) is 11.4 Å². The standard InChI is InChI=1S/C21H27N3O4/c1-6-8-15-17(21(27)28-5)14(4)23-19(15)20(26)22-11-16(25)24-18-12(2)9-7-10-13(18)3/h7,9-10,23H,6,8,11H2,1-5H3,(H,22,26)(H,24,25). The SMILES string of the molecule is CCCc1c(C(=O)NCC(=O)Nc2c(C)cccc2C)[nH]c(C)c1C(=O)OC. The number of hydrogen-bond donors (Lipinski definition) is 3. The van der Waals surface area contributed by atoms with Gasteiger partial charge in [-0.05, 0) is 43.9 Å². The third-order valence-electron chi connectivity index (χ3n) is 4.56. The summed E-state index contributed by atoms with van der Waals surface area (Å²) in [6.07, 6.45) is 1.31. The second-order valence-corrected chi connectivity index (χ2v) is 6.72. The molecule has 3 N–H and O–H groups in total. The van der Waals surface area contributed by atoms with Crippen LogP contribution in [0, 0.1) is 20.8 Å². The number of nitrogens with one attached hydrogen (secondary N) is 3. The van der Waals surface area contributed by atoms with Crippen LogP contribution >= 0.6 is 0 Å². The van der Waals surface area contributed by atoms with Crippen molar-refractivity contribution in [1.82, 2.24) is 10.3 Å². The van der Waals surface area contributed by atoms with E-state index in [0.29, 0.717) is 28.9 Å². The Bertz CT molecular complexity index is 879. The highest BCUT2D eigenvalue weighted by atomic mass is 16.5. The summed E-state index contributed by atoms with van der Waals surface area (Å²) < 4.78 is 4.83. The number of carbonyl (C=O) groups excluding carboxylic acids is 3. The molecule has 0 aliphatic carbocycles. The average Bonchev–Trinajstić information content (AvgIpc) is 2.99. The zero-order valence-corrected chi connectivity index (χ0v) is 17.0. The fourth-order valence-electron chi connectivity index (χ4n) is 3.19. The molecule has 1 aromatic carbocycles. The summed E-state index contributed by atoms with van der Waals surface area (Å²) in [5.74, 6) is -1.23. The van der Waals surface area contributed by atoms with Gasteiger partial charge in [-0.25, -0.2) is 4.79 Å². The van der Waals surface area contributed by atoms with Crippen LogP contribution in [0.15, 0.2) is 18.2 Å². The van der Waals surface area contributed by atoms with E-state index in [4.69, 9.17) is 4.74 Å². The summed E-state index contributed by atoms with van der Waals surface area (Å²) in [6.45, 7) is 7.32. The summed E-state index contributed by atoms with van der Waals surface area (Å²) in [7, 11) is 1.31. The summed E-state index contributed by atoms with van der Waals surface area (Å²) >= 11 is 0. The van der Waals surface area contributed by atoms with Crippen LogP contribution in [0.2, 0.25) is 0 Å². The number of aromatic nitrogens is 1. The van der Waals surface area contributed by atoms with Crippen LogP contribution in [-0.4, -0.2) is 36.4 Å². The molecule has 0 saturated carbocycles. The average molecular weight is 385 g/mol. The van der Waals surface area contributed by atoms with Gasteiger partial charge in [0.25, 0.3) is 5.91 Å². The molecular formula is C21H27N3O4. The van der Waals surface area contributed by atoms with Crippen LogP contribution in [-0.2, 0) is 16.0 Å². The van der Waals surface area contributed by atoms with E-state index in [2.05, 4.69) is 15.6 Å². The van der Waals surface area contributed by atoms with E-state index in [1.807, 2.05) is 39.0 Å². The number of anilines is 1. The maximum absolute atomic E-state index is 12.6. The number of methoxy groups -OCH3 is 1. The molecule has 1 aromatic heterocycles. The lowest BCUT2D eigenvalue weighted by atomic mass is 10.0. The third-order valence-corrected chi connectivity index (χ3v) is 4.56. The number of aryl methyl sites for hydroxylation is 3. The first kappa shape index (κ1) is 21.2. The minimum atomic E-state index is -0.482. The van der Waals surface area contributed by atoms with Gasteiger partial charge in [-0.15, -0.1) is 0 Å². The van der Waals surface area contributed by atoms with E-state index in [1.54, 1.807) is 6.92 Å². The van der Waals surface area contributed by atoms with Crippen LogP contribution in [0.5, 0.6) is 0 Å². The number of benzene rings is 1. The molecule has 7 nitrogen and oxygen atoms in total. The van der Waals surface area contributed by atoms with Crippen molar-refractivity contribution in [2.24, 2.45) is 0 Å². The zero-order chi connectivity index (χ0) is 20.8. The van der Waals surface area contributed by atoms with Crippen LogP contribution < -0.4 is 10.6 Å². The van der Waals surface area contributed by atoms with Gasteiger partial charge in [0.15, 0.2) is 0 Å². The predicted molar refractivity (Wildman–Crippen MR) is 108 cm³/mol. The van der Waals surface area contributed by atoms with E-state index in [0.717, 1.165) is 23.2 Å². The van der Waals surface area contributed by atoms with Gasteiger partial charge in [0.05, 0.1) is 19.2 Å². The van der Waals surface area contributed by atoms with Crippen LogP contribution in [0.1, 0.15) is 56.6 Å². The largest absolute Gasteiger partial charge is 0.465 e. The molecule has 7 heteroatoms. The number of aromatic amines is 1.